The van der Waals surface area contributed by atoms with Gasteiger partial charge >= 0.3 is 6.18 Å². The van der Waals surface area contributed by atoms with Crippen LogP contribution in [0.1, 0.15) is 36.1 Å². The van der Waals surface area contributed by atoms with E-state index in [9.17, 15) is 13.2 Å². The van der Waals surface area contributed by atoms with Crippen molar-refractivity contribution in [3.05, 3.63) is 16.1 Å². The van der Waals surface area contributed by atoms with Crippen molar-refractivity contribution >= 4 is 11.3 Å². The molecule has 0 aromatic carbocycles. The minimum atomic E-state index is -4.32. The van der Waals surface area contributed by atoms with Gasteiger partial charge in [0.1, 0.15) is 0 Å². The smallest absolute Gasteiger partial charge is 0.317 e. The highest BCUT2D eigenvalue weighted by Crippen LogP contribution is 2.44. The van der Waals surface area contributed by atoms with Gasteiger partial charge in [-0.2, -0.15) is 13.2 Å². The number of halogens is 3. The molecule has 1 aromatic heterocycles. The summed E-state index contributed by atoms with van der Waals surface area (Å²) in [6.07, 6.45) is -0.126. The number of hydrogen-bond acceptors (Lipinski definition) is 3. The predicted octanol–water partition coefficient (Wildman–Crippen LogP) is 3.19. The van der Waals surface area contributed by atoms with E-state index in [1.807, 2.05) is 14.0 Å². The first-order valence-electron chi connectivity index (χ1n) is 5.56. The Morgan fingerprint density at radius 2 is 2.24 bits per heavy atom. The fraction of sp³-hybridized carbons (Fsp3) is 0.727. The summed E-state index contributed by atoms with van der Waals surface area (Å²) < 4.78 is 37.5. The van der Waals surface area contributed by atoms with Crippen molar-refractivity contribution in [3.8, 4) is 0 Å². The van der Waals surface area contributed by atoms with Crippen LogP contribution in [0.15, 0.2) is 6.20 Å². The maximum atomic E-state index is 12.5. The Kier molecular flexibility index (Phi) is 3.20. The average molecular weight is 264 g/mol. The molecule has 0 radical (unpaired) electrons. The van der Waals surface area contributed by atoms with Crippen LogP contribution in [0.3, 0.4) is 0 Å². The molecule has 2 rings (SSSR count). The van der Waals surface area contributed by atoms with Gasteiger partial charge in [0.05, 0.1) is 0 Å². The van der Waals surface area contributed by atoms with E-state index in [1.165, 1.54) is 6.20 Å². The fourth-order valence-electron chi connectivity index (χ4n) is 2.40. The van der Waals surface area contributed by atoms with Crippen molar-refractivity contribution in [2.45, 2.75) is 43.8 Å². The number of alkyl halides is 3. The lowest BCUT2D eigenvalue weighted by Gasteiger charge is -2.21. The Morgan fingerprint density at radius 1 is 1.53 bits per heavy atom. The quantitative estimate of drug-likeness (QED) is 0.887. The van der Waals surface area contributed by atoms with Crippen LogP contribution in [0.25, 0.3) is 0 Å². The lowest BCUT2D eigenvalue weighted by atomic mass is 9.87. The van der Waals surface area contributed by atoms with Crippen LogP contribution in [0.2, 0.25) is 0 Å². The van der Waals surface area contributed by atoms with Crippen molar-refractivity contribution < 1.29 is 13.2 Å². The molecule has 1 aliphatic carbocycles. The Balaban J connectivity index is 2.21. The predicted molar refractivity (Wildman–Crippen MR) is 61.2 cm³/mol. The Bertz CT molecular complexity index is 402. The van der Waals surface area contributed by atoms with Gasteiger partial charge < -0.3 is 5.32 Å². The van der Waals surface area contributed by atoms with E-state index >= 15 is 0 Å². The SMILES string of the molecule is CNC1CCC(C)(c2cnc(C(F)(F)F)s2)C1. The fourth-order valence-corrected chi connectivity index (χ4v) is 3.36. The molecule has 1 aliphatic rings. The second-order valence-corrected chi connectivity index (χ2v) is 5.85. The second kappa shape index (κ2) is 4.24. The lowest BCUT2D eigenvalue weighted by molar-refractivity contribution is -0.137. The number of hydrogen-bond donors (Lipinski definition) is 1. The average Bonchev–Trinajstić information content (AvgIpc) is 2.83. The normalized spacial score (nSPS) is 29.8. The highest BCUT2D eigenvalue weighted by molar-refractivity contribution is 7.11. The molecule has 2 nitrogen and oxygen atoms in total. The third-order valence-corrected chi connectivity index (χ3v) is 4.84. The summed E-state index contributed by atoms with van der Waals surface area (Å²) in [7, 11) is 1.89. The summed E-state index contributed by atoms with van der Waals surface area (Å²) in [5, 5.41) is 2.45. The van der Waals surface area contributed by atoms with Gasteiger partial charge in [0.2, 0.25) is 0 Å². The van der Waals surface area contributed by atoms with Crippen molar-refractivity contribution in [3.63, 3.8) is 0 Å². The monoisotopic (exact) mass is 264 g/mol. The highest BCUT2D eigenvalue weighted by atomic mass is 32.1. The zero-order chi connectivity index (χ0) is 12.7. The molecule has 1 N–H and O–H groups in total. The van der Waals surface area contributed by atoms with Gasteiger partial charge in [0.15, 0.2) is 5.01 Å². The zero-order valence-electron chi connectivity index (χ0n) is 9.77. The van der Waals surface area contributed by atoms with Crippen LogP contribution in [0.4, 0.5) is 13.2 Å². The van der Waals surface area contributed by atoms with Crippen molar-refractivity contribution in [1.29, 1.82) is 0 Å². The van der Waals surface area contributed by atoms with Gasteiger partial charge in [-0.15, -0.1) is 11.3 Å². The molecule has 0 amide bonds. The van der Waals surface area contributed by atoms with E-state index in [2.05, 4.69) is 10.3 Å². The van der Waals surface area contributed by atoms with E-state index in [1.54, 1.807) is 0 Å². The molecule has 0 spiro atoms. The summed E-state index contributed by atoms with van der Waals surface area (Å²) >= 11 is 0.785. The van der Waals surface area contributed by atoms with Crippen molar-refractivity contribution in [2.24, 2.45) is 0 Å². The Labute approximate surface area is 102 Å². The molecular weight excluding hydrogens is 249 g/mol. The second-order valence-electron chi connectivity index (χ2n) is 4.82. The van der Waals surface area contributed by atoms with E-state index in [4.69, 9.17) is 0 Å². The van der Waals surface area contributed by atoms with Crippen LogP contribution in [0, 0.1) is 0 Å². The Morgan fingerprint density at radius 3 is 2.71 bits per heavy atom. The van der Waals surface area contributed by atoms with Crippen LogP contribution < -0.4 is 5.32 Å². The summed E-state index contributed by atoms with van der Waals surface area (Å²) in [4.78, 5) is 4.25. The summed E-state index contributed by atoms with van der Waals surface area (Å²) in [6.45, 7) is 2.03. The first-order valence-corrected chi connectivity index (χ1v) is 6.37. The van der Waals surface area contributed by atoms with Crippen LogP contribution >= 0.6 is 11.3 Å². The van der Waals surface area contributed by atoms with E-state index in [-0.39, 0.29) is 5.41 Å². The maximum absolute atomic E-state index is 12.5. The van der Waals surface area contributed by atoms with Gasteiger partial charge in [0, 0.05) is 22.5 Å². The molecule has 1 fully saturated rings. The van der Waals surface area contributed by atoms with Gasteiger partial charge in [-0.1, -0.05) is 6.92 Å². The minimum Gasteiger partial charge on any atom is -0.317 e. The molecule has 17 heavy (non-hydrogen) atoms. The summed E-state index contributed by atoms with van der Waals surface area (Å²) in [5.74, 6) is 0. The first-order chi connectivity index (χ1) is 7.85. The number of aromatic nitrogens is 1. The molecule has 96 valence electrons. The molecule has 2 unspecified atom stereocenters. The maximum Gasteiger partial charge on any atom is 0.443 e. The van der Waals surface area contributed by atoms with Crippen molar-refractivity contribution in [1.82, 2.24) is 10.3 Å². The molecule has 1 heterocycles. The summed E-state index contributed by atoms with van der Waals surface area (Å²) in [6, 6.07) is 0.399. The zero-order valence-corrected chi connectivity index (χ0v) is 10.6. The molecule has 0 bridgehead atoms. The van der Waals surface area contributed by atoms with Gasteiger partial charge in [-0.25, -0.2) is 4.98 Å². The van der Waals surface area contributed by atoms with E-state index in [0.717, 1.165) is 35.5 Å². The third kappa shape index (κ3) is 2.47. The van der Waals surface area contributed by atoms with E-state index < -0.39 is 11.2 Å². The number of thiazole rings is 1. The molecule has 0 saturated heterocycles. The topological polar surface area (TPSA) is 24.9 Å². The third-order valence-electron chi connectivity index (χ3n) is 3.49. The standard InChI is InChI=1S/C11H15F3N2S/c1-10(4-3-7(5-10)15-2)8-6-16-9(17-8)11(12,13)14/h6-7,15H,3-5H2,1-2H3. The van der Waals surface area contributed by atoms with Gasteiger partial charge in [0.25, 0.3) is 0 Å². The van der Waals surface area contributed by atoms with E-state index in [0.29, 0.717) is 6.04 Å². The summed E-state index contributed by atoms with van der Waals surface area (Å²) in [5.41, 5.74) is -0.158. The van der Waals surface area contributed by atoms with Crippen LogP contribution in [-0.4, -0.2) is 18.1 Å². The van der Waals surface area contributed by atoms with Crippen LogP contribution in [-0.2, 0) is 11.6 Å². The molecule has 0 aliphatic heterocycles. The largest absolute Gasteiger partial charge is 0.443 e. The molecule has 1 saturated carbocycles. The molecule has 2 atom stereocenters. The van der Waals surface area contributed by atoms with Gasteiger partial charge in [-0.3, -0.25) is 0 Å². The number of nitrogens with zero attached hydrogens (tertiary/aromatic N) is 1. The number of nitrogens with one attached hydrogen (secondary N) is 1. The first kappa shape index (κ1) is 12.8. The molecule has 1 aromatic rings. The molecular formula is C11H15F3N2S. The van der Waals surface area contributed by atoms with Crippen molar-refractivity contribution in [2.75, 3.05) is 7.05 Å². The number of rotatable bonds is 2. The Hall–Kier alpha value is -0.620. The minimum absolute atomic E-state index is 0.158. The van der Waals surface area contributed by atoms with Gasteiger partial charge in [-0.05, 0) is 26.3 Å². The highest BCUT2D eigenvalue weighted by Gasteiger charge is 2.40. The molecule has 6 heteroatoms. The lowest BCUT2D eigenvalue weighted by Crippen LogP contribution is -2.25. The van der Waals surface area contributed by atoms with Crippen LogP contribution in [0.5, 0.6) is 0 Å².